The predicted molar refractivity (Wildman–Crippen MR) is 63.8 cm³/mol. The Morgan fingerprint density at radius 2 is 2.05 bits per heavy atom. The van der Waals surface area contributed by atoms with Gasteiger partial charge < -0.3 is 10.0 Å². The second-order valence-corrected chi connectivity index (χ2v) is 7.39. The topological polar surface area (TPSA) is 109 Å². The molecule has 19 heavy (non-hydrogen) atoms. The van der Waals surface area contributed by atoms with Crippen LogP contribution >= 0.6 is 0 Å². The van der Waals surface area contributed by atoms with Gasteiger partial charge in [0.1, 0.15) is 10.1 Å². The summed E-state index contributed by atoms with van der Waals surface area (Å²) in [6.07, 6.45) is 1.91. The Balaban J connectivity index is 2.58. The first-order valence-corrected chi connectivity index (χ1v) is 7.15. The number of aliphatic carboxylic acids is 1. The quantitative estimate of drug-likeness (QED) is 0.544. The van der Waals surface area contributed by atoms with Gasteiger partial charge in [0, 0.05) is 0 Å². The highest BCUT2D eigenvalue weighted by Crippen LogP contribution is 2.46. The van der Waals surface area contributed by atoms with Crippen LogP contribution in [-0.2, 0) is 24.2 Å². The van der Waals surface area contributed by atoms with E-state index in [0.29, 0.717) is 0 Å². The lowest BCUT2D eigenvalue weighted by molar-refractivity contribution is -0.157. The van der Waals surface area contributed by atoms with Gasteiger partial charge in [-0.3, -0.25) is 9.59 Å². The van der Waals surface area contributed by atoms with Crippen molar-refractivity contribution in [3.05, 3.63) is 12.2 Å². The summed E-state index contributed by atoms with van der Waals surface area (Å²) in [5, 5.41) is 8.11. The number of hydrogen-bond acceptors (Lipinski definition) is 5. The lowest BCUT2D eigenvalue weighted by atomic mass is 9.96. The van der Waals surface area contributed by atoms with Crippen LogP contribution in [0, 0.1) is 0 Å². The van der Waals surface area contributed by atoms with Crippen molar-refractivity contribution in [2.24, 2.45) is 0 Å². The number of β-lactam (4-membered cyclic amide) rings is 1. The van der Waals surface area contributed by atoms with Gasteiger partial charge in [-0.2, -0.15) is 0 Å². The number of rotatable bonds is 3. The van der Waals surface area contributed by atoms with Crippen molar-refractivity contribution < 1.29 is 27.9 Å². The molecule has 0 radical (unpaired) electrons. The Morgan fingerprint density at radius 3 is 2.47 bits per heavy atom. The number of nitrogens with zero attached hydrogens (tertiary/aromatic N) is 1. The molecule has 2 rings (SSSR count). The summed E-state index contributed by atoms with van der Waals surface area (Å²) in [6, 6.07) is -1.49. The minimum atomic E-state index is -3.87. The zero-order valence-electron chi connectivity index (χ0n) is 10.4. The van der Waals surface area contributed by atoms with Crippen molar-refractivity contribution in [1.29, 1.82) is 0 Å². The first-order valence-electron chi connectivity index (χ1n) is 5.60. The number of carboxylic acid groups (broad SMARTS) is 1. The molecule has 104 valence electrons. The fourth-order valence-corrected chi connectivity index (χ4v) is 4.80. The van der Waals surface area contributed by atoms with Gasteiger partial charge in [0.25, 0.3) is 0 Å². The molecule has 0 bridgehead atoms. The van der Waals surface area contributed by atoms with Gasteiger partial charge in [-0.15, -0.1) is 0 Å². The molecular formula is C11H13NO6S. The largest absolute Gasteiger partial charge is 0.480 e. The Morgan fingerprint density at radius 1 is 1.47 bits per heavy atom. The maximum atomic E-state index is 12.3. The van der Waals surface area contributed by atoms with Crippen LogP contribution in [0.25, 0.3) is 0 Å². The van der Waals surface area contributed by atoms with Crippen LogP contribution in [0.1, 0.15) is 20.3 Å². The van der Waals surface area contributed by atoms with Crippen LogP contribution in [0.5, 0.6) is 0 Å². The molecule has 0 saturated carbocycles. The van der Waals surface area contributed by atoms with Gasteiger partial charge in [0.15, 0.2) is 21.7 Å². The standard InChI is InChI=1S/C11H13NO6S/c1-6(13)3-4-11(2)9(10(15)16)12-7(14)5-8(12)19(11,17)18/h3-4,8-9H,5H2,1-2H3,(H,15,16)/b4-3+/t8-,9+,11+/m1/s1. The molecule has 3 atom stereocenters. The molecule has 7 nitrogen and oxygen atoms in total. The van der Waals surface area contributed by atoms with Crippen molar-refractivity contribution in [3.8, 4) is 0 Å². The summed E-state index contributed by atoms with van der Waals surface area (Å²) in [7, 11) is -3.87. The number of hydrogen-bond donors (Lipinski definition) is 1. The number of amides is 1. The molecule has 2 fully saturated rings. The molecule has 2 saturated heterocycles. The lowest BCUT2D eigenvalue weighted by Crippen LogP contribution is -2.57. The minimum absolute atomic E-state index is 0.199. The fourth-order valence-electron chi connectivity index (χ4n) is 2.53. The summed E-state index contributed by atoms with van der Waals surface area (Å²) >= 11 is 0. The summed E-state index contributed by atoms with van der Waals surface area (Å²) in [4.78, 5) is 34.6. The van der Waals surface area contributed by atoms with Crippen LogP contribution < -0.4 is 0 Å². The smallest absolute Gasteiger partial charge is 0.328 e. The normalized spacial score (nSPS) is 36.1. The molecule has 2 aliphatic heterocycles. The van der Waals surface area contributed by atoms with Gasteiger partial charge >= 0.3 is 5.97 Å². The number of carboxylic acids is 1. The molecule has 8 heteroatoms. The number of carbonyl (C=O) groups excluding carboxylic acids is 2. The van der Waals surface area contributed by atoms with Crippen LogP contribution in [-0.4, -0.2) is 52.2 Å². The highest BCUT2D eigenvalue weighted by Gasteiger charge is 2.68. The second-order valence-electron chi connectivity index (χ2n) is 4.87. The SMILES string of the molecule is CC(=O)/C=C/[C@@]1(C)[C@H](C(=O)O)N2C(=O)C[C@H]2S1(=O)=O. The molecule has 0 aromatic rings. The maximum absolute atomic E-state index is 12.3. The number of carbonyl (C=O) groups is 3. The fraction of sp³-hybridized carbons (Fsp3) is 0.545. The van der Waals surface area contributed by atoms with Gasteiger partial charge in [-0.1, -0.05) is 6.08 Å². The Kier molecular flexibility index (Phi) is 2.81. The molecular weight excluding hydrogens is 274 g/mol. The molecule has 1 amide bonds. The van der Waals surface area contributed by atoms with Crippen LogP contribution in [0.2, 0.25) is 0 Å². The molecule has 0 aromatic carbocycles. The van der Waals surface area contributed by atoms with Gasteiger partial charge in [0.05, 0.1) is 6.42 Å². The average molecular weight is 287 g/mol. The van der Waals surface area contributed by atoms with E-state index in [9.17, 15) is 27.9 Å². The van der Waals surface area contributed by atoms with Crippen molar-refractivity contribution in [2.45, 2.75) is 36.4 Å². The van der Waals surface area contributed by atoms with E-state index in [4.69, 9.17) is 0 Å². The van der Waals surface area contributed by atoms with E-state index in [1.807, 2.05) is 0 Å². The van der Waals surface area contributed by atoms with E-state index in [0.717, 1.165) is 17.1 Å². The van der Waals surface area contributed by atoms with Crippen molar-refractivity contribution in [2.75, 3.05) is 0 Å². The number of allylic oxidation sites excluding steroid dienone is 1. The predicted octanol–water partition coefficient (Wildman–Crippen LogP) is -0.670. The van der Waals surface area contributed by atoms with Gasteiger partial charge in [-0.05, 0) is 19.9 Å². The van der Waals surface area contributed by atoms with Crippen molar-refractivity contribution in [3.63, 3.8) is 0 Å². The summed E-state index contributed by atoms with van der Waals surface area (Å²) in [6.45, 7) is 2.46. The zero-order valence-corrected chi connectivity index (χ0v) is 11.2. The van der Waals surface area contributed by atoms with Crippen LogP contribution in [0.15, 0.2) is 12.2 Å². The average Bonchev–Trinajstić information content (AvgIpc) is 2.41. The van der Waals surface area contributed by atoms with E-state index >= 15 is 0 Å². The highest BCUT2D eigenvalue weighted by atomic mass is 32.2. The molecule has 0 unspecified atom stereocenters. The highest BCUT2D eigenvalue weighted by molar-refractivity contribution is 7.94. The van der Waals surface area contributed by atoms with Crippen LogP contribution in [0.3, 0.4) is 0 Å². The summed E-state index contributed by atoms with van der Waals surface area (Å²) in [5.41, 5.74) is 0. The lowest BCUT2D eigenvalue weighted by Gasteiger charge is -2.35. The first-order chi connectivity index (χ1) is 8.63. The van der Waals surface area contributed by atoms with E-state index in [2.05, 4.69) is 0 Å². The van der Waals surface area contributed by atoms with E-state index in [-0.39, 0.29) is 12.2 Å². The van der Waals surface area contributed by atoms with E-state index in [1.54, 1.807) is 0 Å². The third-order valence-electron chi connectivity index (χ3n) is 3.62. The second kappa shape index (κ2) is 3.89. The van der Waals surface area contributed by atoms with E-state index in [1.165, 1.54) is 13.8 Å². The number of ketones is 1. The van der Waals surface area contributed by atoms with Crippen molar-refractivity contribution in [1.82, 2.24) is 4.90 Å². The molecule has 0 aromatic heterocycles. The Hall–Kier alpha value is -1.70. The molecule has 2 aliphatic rings. The van der Waals surface area contributed by atoms with Gasteiger partial charge in [-0.25, -0.2) is 13.2 Å². The maximum Gasteiger partial charge on any atom is 0.328 e. The number of sulfone groups is 1. The zero-order chi connectivity index (χ0) is 14.6. The third kappa shape index (κ3) is 1.62. The molecule has 0 aliphatic carbocycles. The van der Waals surface area contributed by atoms with Gasteiger partial charge in [0.2, 0.25) is 5.91 Å². The third-order valence-corrected chi connectivity index (χ3v) is 6.32. The minimum Gasteiger partial charge on any atom is -0.480 e. The Labute approximate surface area is 109 Å². The number of fused-ring (bicyclic) bond motifs is 1. The Bertz CT molecular complexity index is 607. The molecule has 1 N–H and O–H groups in total. The molecule has 2 heterocycles. The summed E-state index contributed by atoms with van der Waals surface area (Å²) in [5.74, 6) is -2.28. The van der Waals surface area contributed by atoms with Crippen LogP contribution in [0.4, 0.5) is 0 Å². The van der Waals surface area contributed by atoms with Crippen molar-refractivity contribution >= 4 is 27.5 Å². The first kappa shape index (κ1) is 13.7. The molecule has 0 spiro atoms. The van der Waals surface area contributed by atoms with E-state index < -0.39 is 37.9 Å². The summed E-state index contributed by atoms with van der Waals surface area (Å²) < 4.78 is 22.9. The monoisotopic (exact) mass is 287 g/mol.